The second-order valence-corrected chi connectivity index (χ2v) is 4.55. The third-order valence-corrected chi connectivity index (χ3v) is 2.84. The first-order valence-corrected chi connectivity index (χ1v) is 6.69. The summed E-state index contributed by atoms with van der Waals surface area (Å²) >= 11 is 0. The molecular weight excluding hydrogens is 252 g/mol. The fraction of sp³-hybridized carbons (Fsp3) is 0.412. The van der Waals surface area contributed by atoms with Crippen LogP contribution in [0.2, 0.25) is 0 Å². The molecule has 0 radical (unpaired) electrons. The highest BCUT2D eigenvalue weighted by Crippen LogP contribution is 2.07. The zero-order valence-electron chi connectivity index (χ0n) is 13.0. The van der Waals surface area contributed by atoms with Gasteiger partial charge in [-0.25, -0.2) is 4.79 Å². The van der Waals surface area contributed by atoms with Crippen molar-refractivity contribution in [1.82, 2.24) is 0 Å². The first kappa shape index (κ1) is 18.1. The van der Waals surface area contributed by atoms with Crippen LogP contribution in [-0.2, 0) is 14.3 Å². The van der Waals surface area contributed by atoms with Crippen LogP contribution < -0.4 is 0 Å². The molecule has 0 aliphatic heterocycles. The van der Waals surface area contributed by atoms with E-state index < -0.39 is 0 Å². The molecule has 0 heterocycles. The van der Waals surface area contributed by atoms with Crippen molar-refractivity contribution in [2.45, 2.75) is 40.5 Å². The Bertz CT molecular complexity index is 463. The van der Waals surface area contributed by atoms with E-state index in [1.54, 1.807) is 26.0 Å². The van der Waals surface area contributed by atoms with Crippen molar-refractivity contribution in [2.75, 3.05) is 7.11 Å². The van der Waals surface area contributed by atoms with Gasteiger partial charge in [0.1, 0.15) is 0 Å². The van der Waals surface area contributed by atoms with E-state index in [4.69, 9.17) is 0 Å². The molecule has 0 aromatic carbocycles. The number of esters is 1. The monoisotopic (exact) mass is 276 g/mol. The summed E-state index contributed by atoms with van der Waals surface area (Å²) in [6.45, 7) is 7.13. The van der Waals surface area contributed by atoms with E-state index in [-0.39, 0.29) is 11.8 Å². The summed E-state index contributed by atoms with van der Waals surface area (Å²) in [5, 5.41) is 0. The SMILES string of the molecule is C\C=C(/C=C(C)/C=C/CC/C=C(\C)C(C)=O)C(=O)OC. The molecule has 0 saturated heterocycles. The Labute approximate surface area is 121 Å². The number of hydrogen-bond donors (Lipinski definition) is 0. The smallest absolute Gasteiger partial charge is 0.337 e. The number of hydrogen-bond acceptors (Lipinski definition) is 3. The van der Waals surface area contributed by atoms with Gasteiger partial charge in [-0.3, -0.25) is 4.79 Å². The van der Waals surface area contributed by atoms with E-state index >= 15 is 0 Å². The minimum atomic E-state index is -0.333. The van der Waals surface area contributed by atoms with Gasteiger partial charge in [-0.15, -0.1) is 0 Å². The lowest BCUT2D eigenvalue weighted by Gasteiger charge is -2.00. The van der Waals surface area contributed by atoms with E-state index in [0.717, 1.165) is 24.0 Å². The van der Waals surface area contributed by atoms with Crippen LogP contribution in [-0.4, -0.2) is 18.9 Å². The van der Waals surface area contributed by atoms with Gasteiger partial charge in [0.2, 0.25) is 0 Å². The maximum atomic E-state index is 11.4. The Morgan fingerprint density at radius 3 is 2.25 bits per heavy atom. The minimum absolute atomic E-state index is 0.112. The van der Waals surface area contributed by atoms with Crippen LogP contribution in [0.1, 0.15) is 40.5 Å². The maximum absolute atomic E-state index is 11.4. The number of allylic oxidation sites excluding steroid dienone is 6. The van der Waals surface area contributed by atoms with E-state index in [9.17, 15) is 9.59 Å². The van der Waals surface area contributed by atoms with Gasteiger partial charge < -0.3 is 4.74 Å². The minimum Gasteiger partial charge on any atom is -0.465 e. The number of carbonyl (C=O) groups is 2. The molecule has 110 valence electrons. The van der Waals surface area contributed by atoms with Crippen molar-refractivity contribution in [2.24, 2.45) is 0 Å². The van der Waals surface area contributed by atoms with Gasteiger partial charge in [0.05, 0.1) is 12.7 Å². The van der Waals surface area contributed by atoms with Gasteiger partial charge in [-0.1, -0.05) is 29.9 Å². The van der Waals surface area contributed by atoms with E-state index in [0.29, 0.717) is 5.57 Å². The number of carbonyl (C=O) groups excluding carboxylic acids is 2. The fourth-order valence-corrected chi connectivity index (χ4v) is 1.48. The summed E-state index contributed by atoms with van der Waals surface area (Å²) in [6, 6.07) is 0. The normalized spacial score (nSPS) is 13.8. The Balaban J connectivity index is 4.43. The van der Waals surface area contributed by atoms with Crippen molar-refractivity contribution in [1.29, 1.82) is 0 Å². The van der Waals surface area contributed by atoms with Gasteiger partial charge in [-0.2, -0.15) is 0 Å². The quantitative estimate of drug-likeness (QED) is 0.306. The molecule has 0 fully saturated rings. The van der Waals surface area contributed by atoms with Crippen molar-refractivity contribution in [3.8, 4) is 0 Å². The Hall–Kier alpha value is -1.90. The van der Waals surface area contributed by atoms with Crippen molar-refractivity contribution in [3.63, 3.8) is 0 Å². The summed E-state index contributed by atoms with van der Waals surface area (Å²) in [4.78, 5) is 22.4. The summed E-state index contributed by atoms with van der Waals surface area (Å²) in [6.07, 6.45) is 11.1. The number of Topliss-reactive ketones (excluding diaryl/α,β-unsaturated/α-hetero) is 1. The third-order valence-electron chi connectivity index (χ3n) is 2.84. The molecule has 0 rings (SSSR count). The number of unbranched alkanes of at least 4 members (excludes halogenated alkanes) is 1. The molecule has 0 bridgehead atoms. The third kappa shape index (κ3) is 7.52. The molecule has 0 aliphatic rings. The van der Waals surface area contributed by atoms with Gasteiger partial charge in [0.25, 0.3) is 0 Å². The molecule has 3 heteroatoms. The highest BCUT2D eigenvalue weighted by atomic mass is 16.5. The molecule has 0 spiro atoms. The fourth-order valence-electron chi connectivity index (χ4n) is 1.48. The molecule has 0 unspecified atom stereocenters. The molecule has 3 nitrogen and oxygen atoms in total. The maximum Gasteiger partial charge on any atom is 0.337 e. The number of ketones is 1. The van der Waals surface area contributed by atoms with Crippen LogP contribution in [0.4, 0.5) is 0 Å². The average Bonchev–Trinajstić information content (AvgIpc) is 2.43. The van der Waals surface area contributed by atoms with Crippen LogP contribution in [0.3, 0.4) is 0 Å². The lowest BCUT2D eigenvalue weighted by atomic mass is 10.1. The van der Waals surface area contributed by atoms with E-state index in [1.807, 2.05) is 32.1 Å². The molecule has 20 heavy (non-hydrogen) atoms. The lowest BCUT2D eigenvalue weighted by Crippen LogP contribution is -2.02. The molecule has 0 atom stereocenters. The highest BCUT2D eigenvalue weighted by Gasteiger charge is 2.04. The molecule has 0 N–H and O–H groups in total. The highest BCUT2D eigenvalue weighted by molar-refractivity contribution is 5.92. The summed E-state index contributed by atoms with van der Waals surface area (Å²) < 4.78 is 4.68. The van der Waals surface area contributed by atoms with Crippen LogP contribution in [0.5, 0.6) is 0 Å². The van der Waals surface area contributed by atoms with Crippen LogP contribution in [0.15, 0.2) is 47.1 Å². The zero-order valence-corrected chi connectivity index (χ0v) is 13.0. The van der Waals surface area contributed by atoms with Crippen LogP contribution in [0, 0.1) is 0 Å². The predicted molar refractivity (Wildman–Crippen MR) is 82.3 cm³/mol. The van der Waals surface area contributed by atoms with Gasteiger partial charge in [0, 0.05) is 0 Å². The second-order valence-electron chi connectivity index (χ2n) is 4.55. The standard InChI is InChI=1S/C17H24O3/c1-6-16(17(19)20-5)12-13(2)10-8-7-9-11-14(3)15(4)18/h6,8,10-12H,7,9H2,1-5H3/b10-8+,13-12+,14-11+,16-6+. The summed E-state index contributed by atoms with van der Waals surface area (Å²) in [5.74, 6) is -0.221. The van der Waals surface area contributed by atoms with Gasteiger partial charge in [0.15, 0.2) is 5.78 Å². The number of ether oxygens (including phenoxy) is 1. The largest absolute Gasteiger partial charge is 0.465 e. The van der Waals surface area contributed by atoms with E-state index in [2.05, 4.69) is 4.74 Å². The van der Waals surface area contributed by atoms with Crippen molar-refractivity contribution < 1.29 is 14.3 Å². The molecule has 0 aromatic heterocycles. The molecule has 0 aromatic rings. The first-order valence-electron chi connectivity index (χ1n) is 6.69. The Morgan fingerprint density at radius 2 is 1.75 bits per heavy atom. The second kappa shape index (κ2) is 9.96. The van der Waals surface area contributed by atoms with Crippen molar-refractivity contribution in [3.05, 3.63) is 47.1 Å². The first-order chi connectivity index (χ1) is 9.42. The topological polar surface area (TPSA) is 43.4 Å². The zero-order chi connectivity index (χ0) is 15.5. The molecule has 0 amide bonds. The van der Waals surface area contributed by atoms with Gasteiger partial charge >= 0.3 is 5.97 Å². The van der Waals surface area contributed by atoms with Gasteiger partial charge in [-0.05, 0) is 52.2 Å². The molecule has 0 saturated carbocycles. The van der Waals surface area contributed by atoms with E-state index in [1.165, 1.54) is 7.11 Å². The summed E-state index contributed by atoms with van der Waals surface area (Å²) in [5.41, 5.74) is 2.32. The molecular formula is C17H24O3. The Morgan fingerprint density at radius 1 is 1.10 bits per heavy atom. The van der Waals surface area contributed by atoms with Crippen LogP contribution in [0.25, 0.3) is 0 Å². The summed E-state index contributed by atoms with van der Waals surface area (Å²) in [7, 11) is 1.37. The number of methoxy groups -OCH3 is 1. The Kier molecular flexibility index (Phi) is 9.01. The predicted octanol–water partition coefficient (Wildman–Crippen LogP) is 3.92. The number of rotatable bonds is 7. The lowest BCUT2D eigenvalue weighted by molar-refractivity contribution is -0.135. The average molecular weight is 276 g/mol. The van der Waals surface area contributed by atoms with Crippen LogP contribution >= 0.6 is 0 Å². The molecule has 0 aliphatic carbocycles. The van der Waals surface area contributed by atoms with Crippen molar-refractivity contribution >= 4 is 11.8 Å².